The predicted molar refractivity (Wildman–Crippen MR) is 62.0 cm³/mol. The molecule has 5 nitrogen and oxygen atoms in total. The number of nitrogens with zero attached hydrogens (tertiary/aromatic N) is 2. The summed E-state index contributed by atoms with van der Waals surface area (Å²) in [6.07, 6.45) is 1.60. The standard InChI is InChI=1S/C12H12N2O3/c1-3-17-12(16)9-4-5-11-10(6-9)7-14(13-11)8(2)15/h4-7H,3H2,1-2H3. The van der Waals surface area contributed by atoms with Crippen molar-refractivity contribution in [2.45, 2.75) is 13.8 Å². The van der Waals surface area contributed by atoms with Crippen LogP contribution in [0.3, 0.4) is 0 Å². The second-order valence-corrected chi connectivity index (χ2v) is 3.59. The third-order valence-electron chi connectivity index (χ3n) is 2.34. The molecule has 1 aromatic carbocycles. The Bertz CT molecular complexity index is 586. The van der Waals surface area contributed by atoms with E-state index in [1.165, 1.54) is 11.6 Å². The highest BCUT2D eigenvalue weighted by Crippen LogP contribution is 2.15. The fourth-order valence-corrected chi connectivity index (χ4v) is 1.53. The molecule has 0 fully saturated rings. The number of rotatable bonds is 2. The maximum atomic E-state index is 11.5. The first-order chi connectivity index (χ1) is 8.11. The van der Waals surface area contributed by atoms with Gasteiger partial charge in [0.15, 0.2) is 0 Å². The molecule has 0 atom stereocenters. The molecule has 88 valence electrons. The van der Waals surface area contributed by atoms with Gasteiger partial charge in [-0.25, -0.2) is 9.48 Å². The SMILES string of the molecule is CCOC(=O)c1ccc2nn(C(C)=O)cc2c1. The summed E-state index contributed by atoms with van der Waals surface area (Å²) in [6, 6.07) is 5.00. The molecule has 1 heterocycles. The second-order valence-electron chi connectivity index (χ2n) is 3.59. The Balaban J connectivity index is 2.43. The number of hydrogen-bond donors (Lipinski definition) is 0. The maximum absolute atomic E-state index is 11.5. The van der Waals surface area contributed by atoms with Crippen LogP contribution in [0.25, 0.3) is 10.9 Å². The normalized spacial score (nSPS) is 10.5. The van der Waals surface area contributed by atoms with Gasteiger partial charge in [-0.15, -0.1) is 0 Å². The van der Waals surface area contributed by atoms with E-state index in [2.05, 4.69) is 5.10 Å². The van der Waals surface area contributed by atoms with Gasteiger partial charge >= 0.3 is 5.97 Å². The topological polar surface area (TPSA) is 61.2 Å². The first-order valence-electron chi connectivity index (χ1n) is 5.29. The molecule has 1 aromatic heterocycles. The zero-order chi connectivity index (χ0) is 12.4. The molecule has 0 amide bonds. The Morgan fingerprint density at radius 1 is 1.41 bits per heavy atom. The van der Waals surface area contributed by atoms with Crippen LogP contribution in [0.2, 0.25) is 0 Å². The van der Waals surface area contributed by atoms with Gasteiger partial charge in [0.05, 0.1) is 17.7 Å². The second kappa shape index (κ2) is 4.37. The van der Waals surface area contributed by atoms with Crippen molar-refractivity contribution in [1.29, 1.82) is 0 Å². The fourth-order valence-electron chi connectivity index (χ4n) is 1.53. The molecule has 0 N–H and O–H groups in total. The highest BCUT2D eigenvalue weighted by molar-refractivity contribution is 5.95. The van der Waals surface area contributed by atoms with Gasteiger partial charge in [0.25, 0.3) is 0 Å². The highest BCUT2D eigenvalue weighted by atomic mass is 16.5. The van der Waals surface area contributed by atoms with E-state index in [-0.39, 0.29) is 11.9 Å². The number of hydrogen-bond acceptors (Lipinski definition) is 4. The van der Waals surface area contributed by atoms with Crippen molar-refractivity contribution >= 4 is 22.8 Å². The largest absolute Gasteiger partial charge is 0.462 e. The van der Waals surface area contributed by atoms with E-state index >= 15 is 0 Å². The van der Waals surface area contributed by atoms with E-state index < -0.39 is 0 Å². The molecule has 0 aliphatic rings. The van der Waals surface area contributed by atoms with E-state index in [9.17, 15) is 9.59 Å². The predicted octanol–water partition coefficient (Wildman–Crippen LogP) is 1.87. The average Bonchev–Trinajstić information content (AvgIpc) is 2.71. The van der Waals surface area contributed by atoms with Crippen LogP contribution in [0.4, 0.5) is 0 Å². The quantitative estimate of drug-likeness (QED) is 0.741. The Labute approximate surface area is 98.0 Å². The molecule has 17 heavy (non-hydrogen) atoms. The maximum Gasteiger partial charge on any atom is 0.338 e. The molecule has 5 heteroatoms. The van der Waals surface area contributed by atoms with Crippen LogP contribution in [0.5, 0.6) is 0 Å². The fraction of sp³-hybridized carbons (Fsp3) is 0.250. The zero-order valence-electron chi connectivity index (χ0n) is 9.64. The van der Waals surface area contributed by atoms with Crippen molar-refractivity contribution in [3.63, 3.8) is 0 Å². The van der Waals surface area contributed by atoms with Crippen LogP contribution in [0.1, 0.15) is 29.0 Å². The molecule has 0 bridgehead atoms. The van der Waals surface area contributed by atoms with Gasteiger partial charge in [-0.05, 0) is 25.1 Å². The van der Waals surface area contributed by atoms with Crippen LogP contribution < -0.4 is 0 Å². The molecule has 0 aliphatic carbocycles. The summed E-state index contributed by atoms with van der Waals surface area (Å²) in [5, 5.41) is 4.82. The van der Waals surface area contributed by atoms with Crippen molar-refractivity contribution < 1.29 is 14.3 Å². The summed E-state index contributed by atoms with van der Waals surface area (Å²) in [7, 11) is 0. The molecule has 0 radical (unpaired) electrons. The molecule has 2 aromatic rings. The van der Waals surface area contributed by atoms with Crippen molar-refractivity contribution in [3.05, 3.63) is 30.0 Å². The molecule has 0 spiro atoms. The van der Waals surface area contributed by atoms with Crippen molar-refractivity contribution in [1.82, 2.24) is 9.78 Å². The smallest absolute Gasteiger partial charge is 0.338 e. The zero-order valence-corrected chi connectivity index (χ0v) is 9.64. The van der Waals surface area contributed by atoms with Gasteiger partial charge < -0.3 is 4.74 Å². The van der Waals surface area contributed by atoms with Crippen LogP contribution >= 0.6 is 0 Å². The van der Waals surface area contributed by atoms with Crippen LogP contribution in [-0.4, -0.2) is 28.3 Å². The third kappa shape index (κ3) is 2.18. The lowest BCUT2D eigenvalue weighted by Gasteiger charge is -2.00. The molecular weight excluding hydrogens is 220 g/mol. The number of ether oxygens (including phenoxy) is 1. The highest BCUT2D eigenvalue weighted by Gasteiger charge is 2.09. The molecule has 0 saturated carbocycles. The van der Waals surface area contributed by atoms with E-state index in [0.717, 1.165) is 5.39 Å². The van der Waals surface area contributed by atoms with Crippen LogP contribution in [0, 0.1) is 0 Å². The van der Waals surface area contributed by atoms with E-state index in [1.807, 2.05) is 0 Å². The summed E-state index contributed by atoms with van der Waals surface area (Å²) in [5.74, 6) is -0.538. The number of benzene rings is 1. The number of carbonyl (C=O) groups is 2. The lowest BCUT2D eigenvalue weighted by Crippen LogP contribution is -2.04. The summed E-state index contributed by atoms with van der Waals surface area (Å²) < 4.78 is 6.15. The molecule has 0 unspecified atom stereocenters. The van der Waals surface area contributed by atoms with Gasteiger partial charge in [0.2, 0.25) is 5.91 Å². The lowest BCUT2D eigenvalue weighted by atomic mass is 10.2. The number of fused-ring (bicyclic) bond motifs is 1. The first-order valence-corrected chi connectivity index (χ1v) is 5.29. The number of esters is 1. The molecule has 2 rings (SSSR count). The van der Waals surface area contributed by atoms with Crippen LogP contribution in [-0.2, 0) is 4.74 Å². The monoisotopic (exact) mass is 232 g/mol. The summed E-state index contributed by atoms with van der Waals surface area (Å²) >= 11 is 0. The van der Waals surface area contributed by atoms with Crippen molar-refractivity contribution in [2.75, 3.05) is 6.61 Å². The first kappa shape index (κ1) is 11.3. The minimum atomic E-state index is -0.370. The summed E-state index contributed by atoms with van der Waals surface area (Å²) in [5.41, 5.74) is 1.13. The Hall–Kier alpha value is -2.17. The number of carbonyl (C=O) groups excluding carboxylic acids is 2. The minimum Gasteiger partial charge on any atom is -0.462 e. The van der Waals surface area contributed by atoms with Crippen molar-refractivity contribution in [2.24, 2.45) is 0 Å². The summed E-state index contributed by atoms with van der Waals surface area (Å²) in [4.78, 5) is 22.7. The van der Waals surface area contributed by atoms with Crippen LogP contribution in [0.15, 0.2) is 24.4 Å². The Morgan fingerprint density at radius 2 is 2.18 bits per heavy atom. The Kier molecular flexibility index (Phi) is 2.91. The minimum absolute atomic E-state index is 0.168. The van der Waals surface area contributed by atoms with Gasteiger partial charge in [0.1, 0.15) is 0 Å². The average molecular weight is 232 g/mol. The molecular formula is C12H12N2O3. The summed E-state index contributed by atoms with van der Waals surface area (Å²) in [6.45, 7) is 3.52. The van der Waals surface area contributed by atoms with Gasteiger partial charge in [-0.3, -0.25) is 4.79 Å². The van der Waals surface area contributed by atoms with Gasteiger partial charge in [-0.2, -0.15) is 5.10 Å². The molecule has 0 aliphatic heterocycles. The van der Waals surface area contributed by atoms with Gasteiger partial charge in [0, 0.05) is 18.5 Å². The van der Waals surface area contributed by atoms with Gasteiger partial charge in [-0.1, -0.05) is 0 Å². The lowest BCUT2D eigenvalue weighted by molar-refractivity contribution is 0.0526. The Morgan fingerprint density at radius 3 is 2.82 bits per heavy atom. The van der Waals surface area contributed by atoms with E-state index in [0.29, 0.717) is 17.7 Å². The van der Waals surface area contributed by atoms with E-state index in [1.54, 1.807) is 31.3 Å². The van der Waals surface area contributed by atoms with E-state index in [4.69, 9.17) is 4.74 Å². The molecule has 0 saturated heterocycles. The number of aromatic nitrogens is 2. The third-order valence-corrected chi connectivity index (χ3v) is 2.34. The van der Waals surface area contributed by atoms with Crippen molar-refractivity contribution in [3.8, 4) is 0 Å².